The van der Waals surface area contributed by atoms with Crippen LogP contribution < -0.4 is 10.5 Å². The van der Waals surface area contributed by atoms with Crippen LogP contribution in [0.1, 0.15) is 17.0 Å². The SMILES string of the molecule is Cc1ccc(S(=O)(=O)N2CC[NH+](Cc3cc(=O)n4c(C)cccc4n3)CC2)cc1. The normalized spacial score (nSPS) is 16.3. The van der Waals surface area contributed by atoms with Crippen LogP contribution in [0.25, 0.3) is 5.65 Å². The van der Waals surface area contributed by atoms with E-state index in [-0.39, 0.29) is 5.56 Å². The maximum atomic E-state index is 12.8. The summed E-state index contributed by atoms with van der Waals surface area (Å²) in [6.45, 7) is 6.70. The molecule has 1 aromatic carbocycles. The fourth-order valence-electron chi connectivity index (χ4n) is 3.79. The Labute approximate surface area is 170 Å². The number of nitrogens with zero attached hydrogens (tertiary/aromatic N) is 3. The number of hydrogen-bond acceptors (Lipinski definition) is 4. The van der Waals surface area contributed by atoms with Gasteiger partial charge in [0.2, 0.25) is 10.0 Å². The van der Waals surface area contributed by atoms with Crippen molar-refractivity contribution in [2.75, 3.05) is 26.2 Å². The summed E-state index contributed by atoms with van der Waals surface area (Å²) >= 11 is 0. The van der Waals surface area contributed by atoms with Crippen LogP contribution >= 0.6 is 0 Å². The van der Waals surface area contributed by atoms with Crippen molar-refractivity contribution >= 4 is 15.7 Å². The first-order valence-corrected chi connectivity index (χ1v) is 11.2. The molecule has 1 N–H and O–H groups in total. The quantitative estimate of drug-likeness (QED) is 0.672. The minimum Gasteiger partial charge on any atom is -0.328 e. The highest BCUT2D eigenvalue weighted by atomic mass is 32.2. The Morgan fingerprint density at radius 2 is 1.72 bits per heavy atom. The zero-order valence-corrected chi connectivity index (χ0v) is 17.4. The number of quaternary nitrogens is 1. The van der Waals surface area contributed by atoms with Crippen molar-refractivity contribution < 1.29 is 13.3 Å². The summed E-state index contributed by atoms with van der Waals surface area (Å²) in [6.07, 6.45) is 0. The summed E-state index contributed by atoms with van der Waals surface area (Å²) in [5.74, 6) is 0. The van der Waals surface area contributed by atoms with E-state index in [1.807, 2.05) is 44.2 Å². The Bertz CT molecular complexity index is 1190. The summed E-state index contributed by atoms with van der Waals surface area (Å²) < 4.78 is 28.8. The smallest absolute Gasteiger partial charge is 0.258 e. The number of benzene rings is 1. The fraction of sp³-hybridized carbons (Fsp3) is 0.333. The van der Waals surface area contributed by atoms with Crippen molar-refractivity contribution in [2.24, 2.45) is 0 Å². The van der Waals surface area contributed by atoms with Crippen LogP contribution in [0.4, 0.5) is 0 Å². The van der Waals surface area contributed by atoms with Crippen molar-refractivity contribution in [3.05, 3.63) is 75.8 Å². The van der Waals surface area contributed by atoms with E-state index in [0.29, 0.717) is 43.3 Å². The number of aromatic nitrogens is 2. The lowest BCUT2D eigenvalue weighted by Crippen LogP contribution is -3.13. The number of nitrogens with one attached hydrogen (secondary N) is 1. The van der Waals surface area contributed by atoms with Gasteiger partial charge in [-0.2, -0.15) is 4.31 Å². The lowest BCUT2D eigenvalue weighted by atomic mass is 10.2. The highest BCUT2D eigenvalue weighted by Gasteiger charge is 2.30. The largest absolute Gasteiger partial charge is 0.328 e. The first kappa shape index (κ1) is 19.8. The first-order chi connectivity index (χ1) is 13.8. The van der Waals surface area contributed by atoms with Crippen LogP contribution in [0, 0.1) is 13.8 Å². The Morgan fingerprint density at radius 1 is 1.03 bits per heavy atom. The molecule has 0 amide bonds. The van der Waals surface area contributed by atoms with Crippen molar-refractivity contribution in [2.45, 2.75) is 25.3 Å². The summed E-state index contributed by atoms with van der Waals surface area (Å²) in [7, 11) is -3.46. The Hall–Kier alpha value is -2.55. The fourth-order valence-corrected chi connectivity index (χ4v) is 5.23. The Morgan fingerprint density at radius 3 is 2.41 bits per heavy atom. The van der Waals surface area contributed by atoms with Crippen LogP contribution in [-0.4, -0.2) is 48.3 Å². The number of piperazine rings is 1. The van der Waals surface area contributed by atoms with Crippen LogP contribution in [-0.2, 0) is 16.6 Å². The maximum Gasteiger partial charge on any atom is 0.258 e. The van der Waals surface area contributed by atoms with Crippen LogP contribution in [0.5, 0.6) is 0 Å². The number of hydrogen-bond donors (Lipinski definition) is 1. The van der Waals surface area contributed by atoms with Gasteiger partial charge < -0.3 is 4.90 Å². The zero-order chi connectivity index (χ0) is 20.6. The molecule has 0 radical (unpaired) electrons. The van der Waals surface area contributed by atoms with E-state index in [4.69, 9.17) is 0 Å². The van der Waals surface area contributed by atoms with Gasteiger partial charge in [-0.25, -0.2) is 13.4 Å². The molecule has 0 bridgehead atoms. The molecule has 0 saturated carbocycles. The van der Waals surface area contributed by atoms with Gasteiger partial charge in [-0.3, -0.25) is 9.20 Å². The molecule has 1 aliphatic heterocycles. The lowest BCUT2D eigenvalue weighted by molar-refractivity contribution is -0.917. The molecular weight excluding hydrogens is 388 g/mol. The summed E-state index contributed by atoms with van der Waals surface area (Å²) in [6, 6.07) is 14.2. The van der Waals surface area contributed by atoms with E-state index in [2.05, 4.69) is 4.98 Å². The van der Waals surface area contributed by atoms with Gasteiger partial charge in [0.15, 0.2) is 0 Å². The number of sulfonamides is 1. The summed E-state index contributed by atoms with van der Waals surface area (Å²) in [5.41, 5.74) is 3.20. The molecule has 0 unspecified atom stereocenters. The van der Waals surface area contributed by atoms with Gasteiger partial charge in [0.1, 0.15) is 17.9 Å². The third kappa shape index (κ3) is 3.96. The molecule has 152 valence electrons. The third-order valence-electron chi connectivity index (χ3n) is 5.45. The highest BCUT2D eigenvalue weighted by Crippen LogP contribution is 2.16. The number of pyridine rings is 1. The molecule has 1 saturated heterocycles. The van der Waals surface area contributed by atoms with Gasteiger partial charge in [-0.1, -0.05) is 23.8 Å². The number of fused-ring (bicyclic) bond motifs is 1. The van der Waals surface area contributed by atoms with E-state index < -0.39 is 10.0 Å². The third-order valence-corrected chi connectivity index (χ3v) is 7.37. The topological polar surface area (TPSA) is 76.2 Å². The second kappa shape index (κ2) is 7.70. The van der Waals surface area contributed by atoms with Crippen molar-refractivity contribution in [1.29, 1.82) is 0 Å². The van der Waals surface area contributed by atoms with E-state index in [1.165, 1.54) is 4.90 Å². The minimum atomic E-state index is -3.46. The molecule has 0 atom stereocenters. The monoisotopic (exact) mass is 413 g/mol. The molecule has 3 aromatic rings. The number of rotatable bonds is 4. The first-order valence-electron chi connectivity index (χ1n) is 9.73. The molecular formula is C21H25N4O3S+. The van der Waals surface area contributed by atoms with Crippen LogP contribution in [0.3, 0.4) is 0 Å². The summed E-state index contributed by atoms with van der Waals surface area (Å²) in [5, 5.41) is 0. The molecule has 7 nitrogen and oxygen atoms in total. The zero-order valence-electron chi connectivity index (χ0n) is 16.6. The molecule has 29 heavy (non-hydrogen) atoms. The highest BCUT2D eigenvalue weighted by molar-refractivity contribution is 7.89. The second-order valence-electron chi connectivity index (χ2n) is 7.59. The van der Waals surface area contributed by atoms with E-state index in [9.17, 15) is 13.2 Å². The van der Waals surface area contributed by atoms with Gasteiger partial charge in [0, 0.05) is 11.8 Å². The number of aryl methyl sites for hydroxylation is 2. The van der Waals surface area contributed by atoms with Crippen molar-refractivity contribution in [1.82, 2.24) is 13.7 Å². The average Bonchev–Trinajstić information content (AvgIpc) is 2.68. The molecule has 4 rings (SSSR count). The van der Waals surface area contributed by atoms with Crippen LogP contribution in [0.15, 0.2) is 58.2 Å². The Balaban J connectivity index is 1.46. The van der Waals surface area contributed by atoms with Gasteiger partial charge in [-0.15, -0.1) is 0 Å². The summed E-state index contributed by atoms with van der Waals surface area (Å²) in [4.78, 5) is 18.6. The molecule has 1 fully saturated rings. The van der Waals surface area contributed by atoms with Crippen molar-refractivity contribution in [3.8, 4) is 0 Å². The average molecular weight is 414 g/mol. The van der Waals surface area contributed by atoms with E-state index in [0.717, 1.165) is 17.0 Å². The van der Waals surface area contributed by atoms with E-state index in [1.54, 1.807) is 26.9 Å². The molecule has 0 spiro atoms. The molecule has 1 aliphatic rings. The standard InChI is InChI=1S/C21H24N4O3S/c1-16-6-8-19(9-7-16)29(27,28)24-12-10-23(11-13-24)15-18-14-21(26)25-17(2)4-3-5-20(25)22-18/h3-9,14H,10-13,15H2,1-2H3/p+1. The maximum absolute atomic E-state index is 12.8. The van der Waals surface area contributed by atoms with Gasteiger partial charge in [-0.05, 0) is 38.1 Å². The predicted octanol–water partition coefficient (Wildman–Crippen LogP) is 0.401. The predicted molar refractivity (Wildman–Crippen MR) is 111 cm³/mol. The molecule has 3 heterocycles. The van der Waals surface area contributed by atoms with E-state index >= 15 is 0 Å². The molecule has 0 aliphatic carbocycles. The second-order valence-corrected chi connectivity index (χ2v) is 9.53. The molecule has 2 aromatic heterocycles. The molecule has 8 heteroatoms. The lowest BCUT2D eigenvalue weighted by Gasteiger charge is -2.31. The van der Waals surface area contributed by atoms with Gasteiger partial charge >= 0.3 is 0 Å². The van der Waals surface area contributed by atoms with Crippen molar-refractivity contribution in [3.63, 3.8) is 0 Å². The van der Waals surface area contributed by atoms with Crippen LogP contribution in [0.2, 0.25) is 0 Å². The Kier molecular flexibility index (Phi) is 5.24. The van der Waals surface area contributed by atoms with Gasteiger partial charge in [0.05, 0.1) is 31.1 Å². The minimum absolute atomic E-state index is 0.0805. The van der Waals surface area contributed by atoms with Gasteiger partial charge in [0.25, 0.3) is 5.56 Å².